The molecule has 0 radical (unpaired) electrons. The number of carbonyl (C=O) groups excluding carboxylic acids is 1. The molecule has 1 N–H and O–H groups in total. The van der Waals surface area contributed by atoms with E-state index in [1.807, 2.05) is 0 Å². The molecule has 0 aromatic rings. The number of esters is 1. The van der Waals surface area contributed by atoms with E-state index >= 15 is 0 Å². The van der Waals surface area contributed by atoms with Crippen LogP contribution in [-0.4, -0.2) is 26.5 Å². The number of allylic oxidation sites excluding steroid dienone is 1. The first-order valence-corrected chi connectivity index (χ1v) is 8.84. The van der Waals surface area contributed by atoms with Crippen molar-refractivity contribution in [1.82, 2.24) is 4.72 Å². The standard InChI is InChI=1S/C15H19NO4S/c17-15-9-6-11-10-13(7-8-14(11)20-15)21(18,19)16-12-4-2-1-3-5-12/h6-12,14,16H,1-5H2. The van der Waals surface area contributed by atoms with Crippen molar-refractivity contribution in [3.05, 3.63) is 35.3 Å². The van der Waals surface area contributed by atoms with Gasteiger partial charge in [-0.15, -0.1) is 0 Å². The highest BCUT2D eigenvalue weighted by molar-refractivity contribution is 7.93. The summed E-state index contributed by atoms with van der Waals surface area (Å²) in [7, 11) is -3.50. The van der Waals surface area contributed by atoms with Gasteiger partial charge in [0.15, 0.2) is 0 Å². The van der Waals surface area contributed by atoms with E-state index in [9.17, 15) is 13.2 Å². The molecule has 3 rings (SSSR count). The van der Waals surface area contributed by atoms with E-state index < -0.39 is 16.1 Å². The largest absolute Gasteiger partial charge is 0.454 e. The van der Waals surface area contributed by atoms with Crippen LogP contribution in [0.15, 0.2) is 35.3 Å². The molecular formula is C15H19NO4S. The average Bonchev–Trinajstić information content (AvgIpc) is 2.47. The third kappa shape index (κ3) is 3.27. The first kappa shape index (κ1) is 14.5. The van der Waals surface area contributed by atoms with Gasteiger partial charge in [0.1, 0.15) is 6.10 Å². The van der Waals surface area contributed by atoms with E-state index in [1.54, 1.807) is 18.2 Å². The van der Waals surface area contributed by atoms with Gasteiger partial charge in [-0.25, -0.2) is 17.9 Å². The fraction of sp³-hybridized carbons (Fsp3) is 0.533. The summed E-state index contributed by atoms with van der Waals surface area (Å²) in [6.07, 6.45) is 12.6. The molecule has 1 heterocycles. The number of nitrogens with one attached hydrogen (secondary N) is 1. The van der Waals surface area contributed by atoms with Gasteiger partial charge in [0.05, 0.1) is 4.91 Å². The molecule has 0 aromatic heterocycles. The molecular weight excluding hydrogens is 290 g/mol. The second kappa shape index (κ2) is 5.77. The summed E-state index contributed by atoms with van der Waals surface area (Å²) in [4.78, 5) is 11.4. The normalized spacial score (nSPS) is 29.7. The fourth-order valence-corrected chi connectivity index (χ4v) is 4.40. The molecule has 114 valence electrons. The van der Waals surface area contributed by atoms with Crippen molar-refractivity contribution in [3.8, 4) is 0 Å². The van der Waals surface area contributed by atoms with Gasteiger partial charge in [-0.2, -0.15) is 0 Å². The first-order valence-electron chi connectivity index (χ1n) is 7.36. The molecule has 6 heteroatoms. The van der Waals surface area contributed by atoms with Gasteiger partial charge < -0.3 is 4.74 Å². The van der Waals surface area contributed by atoms with Gasteiger partial charge in [0.2, 0.25) is 10.0 Å². The molecule has 0 amide bonds. The second-order valence-corrected chi connectivity index (χ2v) is 7.44. The van der Waals surface area contributed by atoms with Gasteiger partial charge in [-0.1, -0.05) is 31.4 Å². The lowest BCUT2D eigenvalue weighted by atomic mass is 9.95. The summed E-state index contributed by atoms with van der Waals surface area (Å²) < 4.78 is 32.8. The Balaban J connectivity index is 1.75. The van der Waals surface area contributed by atoms with Crippen LogP contribution in [0.25, 0.3) is 0 Å². The predicted molar refractivity (Wildman–Crippen MR) is 78.7 cm³/mol. The van der Waals surface area contributed by atoms with E-state index in [0.29, 0.717) is 0 Å². The molecule has 0 aromatic carbocycles. The Morgan fingerprint density at radius 2 is 1.86 bits per heavy atom. The van der Waals surface area contributed by atoms with Gasteiger partial charge >= 0.3 is 5.97 Å². The summed E-state index contributed by atoms with van der Waals surface area (Å²) in [5.74, 6) is -0.591. The fourth-order valence-electron chi connectivity index (χ4n) is 2.99. The number of fused-ring (bicyclic) bond motifs is 1. The van der Waals surface area contributed by atoms with Crippen LogP contribution in [0.2, 0.25) is 0 Å². The van der Waals surface area contributed by atoms with Crippen LogP contribution in [0.3, 0.4) is 0 Å². The molecule has 2 aliphatic carbocycles. The molecule has 2 atom stereocenters. The van der Waals surface area contributed by atoms with E-state index in [-0.39, 0.29) is 22.8 Å². The topological polar surface area (TPSA) is 72.5 Å². The Kier molecular flexibility index (Phi) is 3.99. The van der Waals surface area contributed by atoms with Crippen LogP contribution < -0.4 is 4.72 Å². The maximum atomic E-state index is 12.4. The number of carbonyl (C=O) groups is 1. The Labute approximate surface area is 124 Å². The lowest BCUT2D eigenvalue weighted by Gasteiger charge is -2.27. The van der Waals surface area contributed by atoms with Crippen LogP contribution in [0.1, 0.15) is 32.1 Å². The van der Waals surface area contributed by atoms with Crippen LogP contribution in [0.5, 0.6) is 0 Å². The number of sulfonamides is 1. The zero-order valence-electron chi connectivity index (χ0n) is 11.7. The highest BCUT2D eigenvalue weighted by atomic mass is 32.2. The summed E-state index contributed by atoms with van der Waals surface area (Å²) in [5, 5.41) is 0. The van der Waals surface area contributed by atoms with Crippen molar-refractivity contribution in [2.24, 2.45) is 5.92 Å². The zero-order chi connectivity index (χ0) is 14.9. The van der Waals surface area contributed by atoms with Crippen molar-refractivity contribution in [1.29, 1.82) is 0 Å². The summed E-state index contributed by atoms with van der Waals surface area (Å²) in [6.45, 7) is 0. The molecule has 1 saturated carbocycles. The maximum Gasteiger partial charge on any atom is 0.331 e. The monoisotopic (exact) mass is 309 g/mol. The molecule has 0 bridgehead atoms. The third-order valence-corrected chi connectivity index (χ3v) is 5.67. The highest BCUT2D eigenvalue weighted by Crippen LogP contribution is 2.27. The second-order valence-electron chi connectivity index (χ2n) is 5.72. The molecule has 5 nitrogen and oxygen atoms in total. The van der Waals surface area contributed by atoms with E-state index in [2.05, 4.69) is 4.72 Å². The highest BCUT2D eigenvalue weighted by Gasteiger charge is 2.30. The quantitative estimate of drug-likeness (QED) is 0.807. The number of ether oxygens (including phenoxy) is 1. The smallest absolute Gasteiger partial charge is 0.331 e. The predicted octanol–water partition coefficient (Wildman–Crippen LogP) is 1.79. The van der Waals surface area contributed by atoms with Crippen LogP contribution in [-0.2, 0) is 19.6 Å². The average molecular weight is 309 g/mol. The van der Waals surface area contributed by atoms with Crippen molar-refractivity contribution >= 4 is 16.0 Å². The zero-order valence-corrected chi connectivity index (χ0v) is 12.5. The SMILES string of the molecule is O=C1C=CC2C=C(S(=O)(=O)NC3CCCCC3)C=CC2O1. The first-order chi connectivity index (χ1) is 10.0. The number of hydrogen-bond acceptors (Lipinski definition) is 4. The van der Waals surface area contributed by atoms with Crippen LogP contribution in [0.4, 0.5) is 0 Å². The molecule has 0 saturated heterocycles. The summed E-state index contributed by atoms with van der Waals surface area (Å²) in [5.41, 5.74) is 0. The van der Waals surface area contributed by atoms with Crippen molar-refractivity contribution in [2.45, 2.75) is 44.2 Å². The van der Waals surface area contributed by atoms with E-state index in [4.69, 9.17) is 4.74 Å². The van der Waals surface area contributed by atoms with Gasteiger partial charge in [0.25, 0.3) is 0 Å². The van der Waals surface area contributed by atoms with Crippen LogP contribution >= 0.6 is 0 Å². The lowest BCUT2D eigenvalue weighted by molar-refractivity contribution is -0.143. The summed E-state index contributed by atoms with van der Waals surface area (Å²) in [6, 6.07) is 0.0375. The third-order valence-electron chi connectivity index (χ3n) is 4.13. The Morgan fingerprint density at radius 1 is 1.10 bits per heavy atom. The Hall–Kier alpha value is -1.40. The van der Waals surface area contributed by atoms with Crippen molar-refractivity contribution in [3.63, 3.8) is 0 Å². The van der Waals surface area contributed by atoms with Gasteiger partial charge in [-0.3, -0.25) is 0 Å². The maximum absolute atomic E-state index is 12.4. The minimum absolute atomic E-state index is 0.0375. The van der Waals surface area contributed by atoms with Gasteiger partial charge in [0, 0.05) is 18.0 Å². The van der Waals surface area contributed by atoms with Gasteiger partial charge in [-0.05, 0) is 25.0 Å². The minimum Gasteiger partial charge on any atom is -0.454 e. The van der Waals surface area contributed by atoms with E-state index in [1.165, 1.54) is 18.6 Å². The molecule has 0 spiro atoms. The number of rotatable bonds is 3. The Morgan fingerprint density at radius 3 is 2.62 bits per heavy atom. The van der Waals surface area contributed by atoms with Crippen molar-refractivity contribution in [2.75, 3.05) is 0 Å². The molecule has 1 aliphatic heterocycles. The van der Waals surface area contributed by atoms with Crippen LogP contribution in [0, 0.1) is 5.92 Å². The minimum atomic E-state index is -3.50. The summed E-state index contributed by atoms with van der Waals surface area (Å²) >= 11 is 0. The molecule has 1 fully saturated rings. The molecule has 3 aliphatic rings. The van der Waals surface area contributed by atoms with E-state index in [0.717, 1.165) is 25.7 Å². The molecule has 21 heavy (non-hydrogen) atoms. The van der Waals surface area contributed by atoms with Crippen molar-refractivity contribution < 1.29 is 17.9 Å². The Bertz CT molecular complexity index is 612. The lowest BCUT2D eigenvalue weighted by Crippen LogP contribution is -2.37. The molecule has 2 unspecified atom stereocenters. The number of hydrogen-bond donors (Lipinski definition) is 1.